The molecule has 5 heteroatoms. The van der Waals surface area contributed by atoms with Gasteiger partial charge < -0.3 is 10.5 Å². The van der Waals surface area contributed by atoms with Crippen molar-refractivity contribution in [2.45, 2.75) is 12.2 Å². The second-order valence-electron chi connectivity index (χ2n) is 3.40. The van der Waals surface area contributed by atoms with Crippen LogP contribution in [0.2, 0.25) is 5.02 Å². The zero-order valence-corrected chi connectivity index (χ0v) is 11.3. The van der Waals surface area contributed by atoms with Gasteiger partial charge in [0.1, 0.15) is 0 Å². The van der Waals surface area contributed by atoms with E-state index in [-0.39, 0.29) is 11.2 Å². The predicted octanol–water partition coefficient (Wildman–Crippen LogP) is 2.64. The van der Waals surface area contributed by atoms with Crippen molar-refractivity contribution in [2.24, 2.45) is 5.73 Å². The first-order chi connectivity index (χ1) is 8.17. The summed E-state index contributed by atoms with van der Waals surface area (Å²) >= 11 is 7.39. The highest BCUT2D eigenvalue weighted by molar-refractivity contribution is 8.00. The van der Waals surface area contributed by atoms with E-state index in [9.17, 15) is 4.79 Å². The summed E-state index contributed by atoms with van der Waals surface area (Å²) in [6, 6.07) is 7.53. The van der Waals surface area contributed by atoms with Gasteiger partial charge in [0.05, 0.1) is 12.4 Å². The average molecular weight is 274 g/mol. The van der Waals surface area contributed by atoms with Gasteiger partial charge in [-0.05, 0) is 24.6 Å². The van der Waals surface area contributed by atoms with Crippen LogP contribution >= 0.6 is 23.4 Å². The number of carbonyl (C=O) groups excluding carboxylic acids is 1. The highest BCUT2D eigenvalue weighted by Crippen LogP contribution is 2.29. The molecular weight excluding hydrogens is 258 g/mol. The molecule has 0 aliphatic heterocycles. The number of esters is 1. The lowest BCUT2D eigenvalue weighted by Crippen LogP contribution is -2.13. The van der Waals surface area contributed by atoms with E-state index < -0.39 is 0 Å². The van der Waals surface area contributed by atoms with Crippen molar-refractivity contribution in [3.05, 3.63) is 34.9 Å². The number of hydrogen-bond acceptors (Lipinski definition) is 4. The van der Waals surface area contributed by atoms with Gasteiger partial charge in [-0.1, -0.05) is 23.7 Å². The molecule has 0 radical (unpaired) electrons. The molecule has 17 heavy (non-hydrogen) atoms. The van der Waals surface area contributed by atoms with Gasteiger partial charge in [-0.3, -0.25) is 4.79 Å². The minimum atomic E-state index is -0.210. The molecule has 2 N–H and O–H groups in total. The number of ether oxygens (including phenoxy) is 1. The van der Waals surface area contributed by atoms with E-state index in [1.54, 1.807) is 6.92 Å². The Balaban J connectivity index is 2.57. The van der Waals surface area contributed by atoms with Crippen LogP contribution in [0.3, 0.4) is 0 Å². The van der Waals surface area contributed by atoms with Crippen molar-refractivity contribution in [2.75, 3.05) is 18.9 Å². The summed E-state index contributed by atoms with van der Waals surface area (Å²) in [5.74, 6) is 0.0976. The maximum Gasteiger partial charge on any atom is 0.315 e. The molecule has 0 amide bonds. The van der Waals surface area contributed by atoms with Crippen LogP contribution in [0.5, 0.6) is 0 Å². The maximum absolute atomic E-state index is 11.3. The summed E-state index contributed by atoms with van der Waals surface area (Å²) in [6.07, 6.45) is 0. The highest BCUT2D eigenvalue weighted by Gasteiger charge is 2.13. The number of hydrogen-bond donors (Lipinski definition) is 1. The van der Waals surface area contributed by atoms with Crippen molar-refractivity contribution >= 4 is 29.3 Å². The van der Waals surface area contributed by atoms with Crippen LogP contribution in [0.4, 0.5) is 0 Å². The molecule has 0 saturated carbocycles. The second kappa shape index (κ2) is 7.58. The molecule has 0 bridgehead atoms. The quantitative estimate of drug-likeness (QED) is 0.810. The summed E-state index contributed by atoms with van der Waals surface area (Å²) in [6.45, 7) is 2.66. The van der Waals surface area contributed by atoms with Gasteiger partial charge >= 0.3 is 5.97 Å². The minimum Gasteiger partial charge on any atom is -0.465 e. The first kappa shape index (κ1) is 14.4. The van der Waals surface area contributed by atoms with Crippen molar-refractivity contribution in [3.63, 3.8) is 0 Å². The van der Waals surface area contributed by atoms with Gasteiger partial charge in [0.15, 0.2) is 0 Å². The molecule has 1 atom stereocenters. The third-order valence-electron chi connectivity index (χ3n) is 2.14. The topological polar surface area (TPSA) is 52.3 Å². The largest absolute Gasteiger partial charge is 0.465 e. The fraction of sp³-hybridized carbons (Fsp3) is 0.417. The monoisotopic (exact) mass is 273 g/mol. The van der Waals surface area contributed by atoms with E-state index in [4.69, 9.17) is 22.1 Å². The first-order valence-corrected chi connectivity index (χ1v) is 6.82. The van der Waals surface area contributed by atoms with E-state index >= 15 is 0 Å². The maximum atomic E-state index is 11.3. The Morgan fingerprint density at radius 1 is 1.59 bits per heavy atom. The lowest BCUT2D eigenvalue weighted by Gasteiger charge is -2.14. The average Bonchev–Trinajstić information content (AvgIpc) is 2.30. The molecule has 0 aliphatic carbocycles. The van der Waals surface area contributed by atoms with Gasteiger partial charge in [0.2, 0.25) is 0 Å². The fourth-order valence-electron chi connectivity index (χ4n) is 1.38. The summed E-state index contributed by atoms with van der Waals surface area (Å²) < 4.78 is 4.87. The standard InChI is InChI=1S/C12H16ClNO2S/c1-2-16-12(15)8-17-11(7-14)9-4-3-5-10(13)6-9/h3-6,11H,2,7-8,14H2,1H3. The number of rotatable bonds is 6. The third-order valence-corrected chi connectivity index (χ3v) is 3.65. The van der Waals surface area contributed by atoms with E-state index in [1.807, 2.05) is 24.3 Å². The SMILES string of the molecule is CCOC(=O)CSC(CN)c1cccc(Cl)c1. The number of halogens is 1. The van der Waals surface area contributed by atoms with Crippen LogP contribution in [0.15, 0.2) is 24.3 Å². The van der Waals surface area contributed by atoms with Crippen molar-refractivity contribution in [1.82, 2.24) is 0 Å². The zero-order valence-electron chi connectivity index (χ0n) is 9.69. The molecule has 0 spiro atoms. The van der Waals surface area contributed by atoms with Crippen LogP contribution in [-0.2, 0) is 9.53 Å². The highest BCUT2D eigenvalue weighted by atomic mass is 35.5. The number of nitrogens with two attached hydrogens (primary N) is 1. The minimum absolute atomic E-state index is 0.0677. The zero-order chi connectivity index (χ0) is 12.7. The van der Waals surface area contributed by atoms with E-state index in [1.165, 1.54) is 11.8 Å². The van der Waals surface area contributed by atoms with Crippen molar-refractivity contribution in [3.8, 4) is 0 Å². The molecule has 1 rings (SSSR count). The lowest BCUT2D eigenvalue weighted by molar-refractivity contribution is -0.139. The van der Waals surface area contributed by atoms with Gasteiger partial charge in [-0.2, -0.15) is 0 Å². The molecule has 1 unspecified atom stereocenters. The number of benzene rings is 1. The molecule has 0 aliphatic rings. The van der Waals surface area contributed by atoms with Gasteiger partial charge in [-0.25, -0.2) is 0 Å². The molecular formula is C12H16ClNO2S. The smallest absolute Gasteiger partial charge is 0.315 e. The van der Waals surface area contributed by atoms with E-state index in [2.05, 4.69) is 0 Å². The predicted molar refractivity (Wildman–Crippen MR) is 72.3 cm³/mol. The lowest BCUT2D eigenvalue weighted by atomic mass is 10.1. The van der Waals surface area contributed by atoms with Crippen LogP contribution in [0.1, 0.15) is 17.7 Å². The van der Waals surface area contributed by atoms with E-state index in [0.29, 0.717) is 23.9 Å². The molecule has 94 valence electrons. The Hall–Kier alpha value is -0.710. The molecule has 1 aromatic rings. The Bertz CT molecular complexity index is 373. The Morgan fingerprint density at radius 2 is 2.35 bits per heavy atom. The summed E-state index contributed by atoms with van der Waals surface area (Å²) in [4.78, 5) is 11.3. The Morgan fingerprint density at radius 3 is 2.94 bits per heavy atom. The van der Waals surface area contributed by atoms with Crippen LogP contribution in [0.25, 0.3) is 0 Å². The molecule has 0 heterocycles. The third kappa shape index (κ3) is 4.98. The van der Waals surface area contributed by atoms with Gasteiger partial charge in [0.25, 0.3) is 0 Å². The number of thioether (sulfide) groups is 1. The van der Waals surface area contributed by atoms with Crippen molar-refractivity contribution < 1.29 is 9.53 Å². The fourth-order valence-corrected chi connectivity index (χ4v) is 2.47. The van der Waals surface area contributed by atoms with Crippen molar-refractivity contribution in [1.29, 1.82) is 0 Å². The molecule has 0 aromatic heterocycles. The normalized spacial score (nSPS) is 12.2. The molecule has 1 aromatic carbocycles. The Kier molecular flexibility index (Phi) is 6.40. The number of carbonyl (C=O) groups is 1. The van der Waals surface area contributed by atoms with E-state index in [0.717, 1.165) is 5.56 Å². The molecule has 0 saturated heterocycles. The first-order valence-electron chi connectivity index (χ1n) is 5.40. The summed E-state index contributed by atoms with van der Waals surface area (Å²) in [5.41, 5.74) is 6.74. The Labute approximate surface area is 111 Å². The van der Waals surface area contributed by atoms with Gasteiger partial charge in [-0.15, -0.1) is 11.8 Å². The summed E-state index contributed by atoms with van der Waals surface area (Å²) in [7, 11) is 0. The van der Waals surface area contributed by atoms with Gasteiger partial charge in [0, 0.05) is 16.8 Å². The second-order valence-corrected chi connectivity index (χ2v) is 5.02. The molecule has 3 nitrogen and oxygen atoms in total. The van der Waals surface area contributed by atoms with Crippen LogP contribution in [-0.4, -0.2) is 24.9 Å². The summed E-state index contributed by atoms with van der Waals surface area (Å²) in [5, 5.41) is 0.746. The van der Waals surface area contributed by atoms with Crippen LogP contribution in [0, 0.1) is 0 Å². The molecule has 0 fully saturated rings. The van der Waals surface area contributed by atoms with Crippen LogP contribution < -0.4 is 5.73 Å².